The maximum absolute atomic E-state index is 12.4. The van der Waals surface area contributed by atoms with Gasteiger partial charge in [0.05, 0.1) is 25.0 Å². The molecule has 0 spiro atoms. The van der Waals surface area contributed by atoms with Crippen LogP contribution in [0.3, 0.4) is 0 Å². The quantitative estimate of drug-likeness (QED) is 0.361. The molecule has 0 unspecified atom stereocenters. The maximum atomic E-state index is 12.4. The van der Waals surface area contributed by atoms with Gasteiger partial charge in [-0.25, -0.2) is 19.3 Å². The Morgan fingerprint density at radius 1 is 1.08 bits per heavy atom. The van der Waals surface area contributed by atoms with Crippen molar-refractivity contribution in [1.29, 1.82) is 0 Å². The van der Waals surface area contributed by atoms with Gasteiger partial charge < -0.3 is 14.0 Å². The van der Waals surface area contributed by atoms with Gasteiger partial charge in [0.1, 0.15) is 23.8 Å². The average molecular weight is 531 g/mol. The van der Waals surface area contributed by atoms with Gasteiger partial charge >= 0.3 is 6.03 Å². The van der Waals surface area contributed by atoms with E-state index in [-0.39, 0.29) is 5.41 Å². The molecule has 4 aromatic heterocycles. The molecule has 1 fully saturated rings. The molecule has 39 heavy (non-hydrogen) atoms. The Kier molecular flexibility index (Phi) is 7.72. The second kappa shape index (κ2) is 11.5. The standard InChI is InChI=1S/C27H30N8O4/c1-27(2,3)22-14-24(33-39-22)31-26(36)30-23-15-25-29-16-19(18-35(25)32-23)4-5-20-6-7-21(17-28-20)38-13-10-34-8-11-37-12-9-34/h6-7,14-18H,8-13H2,1-3H3,(H2,30,31,32,33,36). The number of pyridine rings is 1. The largest absolute Gasteiger partial charge is 0.491 e. The number of hydrogen-bond donors (Lipinski definition) is 2. The Labute approximate surface area is 225 Å². The van der Waals surface area contributed by atoms with E-state index in [0.717, 1.165) is 32.8 Å². The lowest BCUT2D eigenvalue weighted by atomic mass is 9.93. The van der Waals surface area contributed by atoms with Gasteiger partial charge in [0.2, 0.25) is 0 Å². The summed E-state index contributed by atoms with van der Waals surface area (Å²) in [4.78, 5) is 23.4. The number of nitrogens with zero attached hydrogens (tertiary/aromatic N) is 6. The Morgan fingerprint density at radius 2 is 1.90 bits per heavy atom. The molecule has 0 aliphatic carbocycles. The third-order valence-corrected chi connectivity index (χ3v) is 5.90. The molecule has 12 nitrogen and oxygen atoms in total. The lowest BCUT2D eigenvalue weighted by molar-refractivity contribution is 0.0322. The molecule has 12 heteroatoms. The van der Waals surface area contributed by atoms with Crippen molar-refractivity contribution in [2.75, 3.05) is 50.1 Å². The van der Waals surface area contributed by atoms with Crippen molar-refractivity contribution in [3.8, 4) is 17.6 Å². The lowest BCUT2D eigenvalue weighted by Crippen LogP contribution is -2.38. The normalized spacial score (nSPS) is 14.0. The minimum atomic E-state index is -0.494. The van der Waals surface area contributed by atoms with Gasteiger partial charge in [-0.05, 0) is 18.1 Å². The highest BCUT2D eigenvalue weighted by atomic mass is 16.5. The number of carbonyl (C=O) groups is 1. The topological polar surface area (TPSA) is 132 Å². The molecule has 4 aromatic rings. The van der Waals surface area contributed by atoms with Gasteiger partial charge in [0, 0.05) is 49.6 Å². The molecule has 5 rings (SSSR count). The molecule has 2 N–H and O–H groups in total. The van der Waals surface area contributed by atoms with E-state index in [9.17, 15) is 4.79 Å². The van der Waals surface area contributed by atoms with Crippen molar-refractivity contribution in [2.45, 2.75) is 26.2 Å². The molecular weight excluding hydrogens is 500 g/mol. The summed E-state index contributed by atoms with van der Waals surface area (Å²) in [6.45, 7) is 10.9. The number of fused-ring (bicyclic) bond motifs is 1. The third kappa shape index (κ3) is 7.10. The van der Waals surface area contributed by atoms with E-state index in [2.05, 4.69) is 47.6 Å². The Hall–Kier alpha value is -4.47. The molecule has 0 atom stereocenters. The van der Waals surface area contributed by atoms with Crippen molar-refractivity contribution in [3.63, 3.8) is 0 Å². The summed E-state index contributed by atoms with van der Waals surface area (Å²) in [5, 5.41) is 13.5. The second-order valence-corrected chi connectivity index (χ2v) is 10.0. The van der Waals surface area contributed by atoms with Crippen LogP contribution in [0.5, 0.6) is 5.75 Å². The molecule has 0 saturated carbocycles. The summed E-state index contributed by atoms with van der Waals surface area (Å²) >= 11 is 0. The monoisotopic (exact) mass is 530 g/mol. The fraction of sp³-hybridized carbons (Fsp3) is 0.370. The fourth-order valence-electron chi connectivity index (χ4n) is 3.75. The zero-order chi connectivity index (χ0) is 27.2. The number of nitrogens with one attached hydrogen (secondary N) is 2. The maximum Gasteiger partial charge on any atom is 0.326 e. The van der Waals surface area contributed by atoms with Crippen molar-refractivity contribution < 1.29 is 18.8 Å². The van der Waals surface area contributed by atoms with Crippen LogP contribution < -0.4 is 15.4 Å². The van der Waals surface area contributed by atoms with Crippen LogP contribution in [0.25, 0.3) is 5.65 Å². The molecule has 2 amide bonds. The third-order valence-electron chi connectivity index (χ3n) is 5.90. The van der Waals surface area contributed by atoms with Gasteiger partial charge in [-0.3, -0.25) is 15.5 Å². The van der Waals surface area contributed by atoms with Gasteiger partial charge in [0.25, 0.3) is 0 Å². The number of urea groups is 1. The van der Waals surface area contributed by atoms with Crippen LogP contribution in [-0.2, 0) is 10.2 Å². The summed E-state index contributed by atoms with van der Waals surface area (Å²) in [5.41, 5.74) is 1.60. The van der Waals surface area contributed by atoms with E-state index in [0.29, 0.717) is 46.7 Å². The second-order valence-electron chi connectivity index (χ2n) is 10.0. The summed E-state index contributed by atoms with van der Waals surface area (Å²) in [6, 6.07) is 6.53. The molecular formula is C27H30N8O4. The van der Waals surface area contributed by atoms with Crippen LogP contribution in [0.1, 0.15) is 37.8 Å². The van der Waals surface area contributed by atoms with Crippen molar-refractivity contribution in [3.05, 3.63) is 59.9 Å². The van der Waals surface area contributed by atoms with Crippen LogP contribution >= 0.6 is 0 Å². The predicted octanol–water partition coefficient (Wildman–Crippen LogP) is 3.16. The number of anilines is 2. The number of amides is 2. The van der Waals surface area contributed by atoms with Gasteiger partial charge in [-0.1, -0.05) is 31.8 Å². The summed E-state index contributed by atoms with van der Waals surface area (Å²) in [7, 11) is 0. The van der Waals surface area contributed by atoms with Crippen LogP contribution in [-0.4, -0.2) is 75.1 Å². The van der Waals surface area contributed by atoms with Crippen LogP contribution in [0, 0.1) is 11.8 Å². The number of ether oxygens (including phenoxy) is 2. The minimum Gasteiger partial charge on any atom is -0.491 e. The van der Waals surface area contributed by atoms with E-state index >= 15 is 0 Å². The highest BCUT2D eigenvalue weighted by Gasteiger charge is 2.20. The molecule has 0 radical (unpaired) electrons. The first-order valence-corrected chi connectivity index (χ1v) is 12.6. The fourth-order valence-corrected chi connectivity index (χ4v) is 3.75. The van der Waals surface area contributed by atoms with Crippen molar-refractivity contribution in [2.24, 2.45) is 0 Å². The highest BCUT2D eigenvalue weighted by Crippen LogP contribution is 2.24. The van der Waals surface area contributed by atoms with Gasteiger partial charge in [-0.2, -0.15) is 0 Å². The first-order valence-electron chi connectivity index (χ1n) is 12.6. The number of carbonyl (C=O) groups excluding carboxylic acids is 1. The number of rotatable bonds is 6. The van der Waals surface area contributed by atoms with Gasteiger partial charge in [0.15, 0.2) is 17.3 Å². The molecule has 1 aliphatic rings. The average Bonchev–Trinajstić information content (AvgIpc) is 3.55. The molecule has 202 valence electrons. The first kappa shape index (κ1) is 26.1. The van der Waals surface area contributed by atoms with Crippen molar-refractivity contribution >= 4 is 23.3 Å². The smallest absolute Gasteiger partial charge is 0.326 e. The number of morpholine rings is 1. The number of hydrogen-bond acceptors (Lipinski definition) is 9. The SMILES string of the molecule is CC(C)(C)c1cc(NC(=O)Nc2cc3ncc(C#Cc4ccc(OCCN5CCOCC5)cn4)cn3n2)no1. The molecule has 0 aromatic carbocycles. The summed E-state index contributed by atoms with van der Waals surface area (Å²) < 4.78 is 18.0. The summed E-state index contributed by atoms with van der Waals surface area (Å²) in [6.07, 6.45) is 5.04. The van der Waals surface area contributed by atoms with Crippen molar-refractivity contribution in [1.82, 2.24) is 29.6 Å². The van der Waals surface area contributed by atoms with E-state index in [1.54, 1.807) is 35.2 Å². The Bertz CT molecular complexity index is 1490. The van der Waals surface area contributed by atoms with E-state index < -0.39 is 6.03 Å². The molecule has 1 saturated heterocycles. The Morgan fingerprint density at radius 3 is 2.64 bits per heavy atom. The van der Waals surface area contributed by atoms with Gasteiger partial charge in [-0.15, -0.1) is 5.10 Å². The highest BCUT2D eigenvalue weighted by molar-refractivity contribution is 5.98. The van der Waals surface area contributed by atoms with Crippen LogP contribution in [0.15, 0.2) is 47.4 Å². The van der Waals surface area contributed by atoms with Crippen LogP contribution in [0.2, 0.25) is 0 Å². The lowest BCUT2D eigenvalue weighted by Gasteiger charge is -2.26. The Balaban J connectivity index is 1.15. The molecule has 0 bridgehead atoms. The summed E-state index contributed by atoms with van der Waals surface area (Å²) in [5.74, 6) is 8.09. The zero-order valence-electron chi connectivity index (χ0n) is 22.1. The predicted molar refractivity (Wildman–Crippen MR) is 144 cm³/mol. The molecule has 1 aliphatic heterocycles. The van der Waals surface area contributed by atoms with E-state index in [1.807, 2.05) is 32.9 Å². The van der Waals surface area contributed by atoms with E-state index in [4.69, 9.17) is 14.0 Å². The van der Waals surface area contributed by atoms with Crippen LogP contribution in [0.4, 0.5) is 16.4 Å². The number of aromatic nitrogens is 5. The first-order chi connectivity index (χ1) is 18.8. The van der Waals surface area contributed by atoms with E-state index in [1.165, 1.54) is 0 Å². The molecule has 5 heterocycles. The minimum absolute atomic E-state index is 0.214. The zero-order valence-corrected chi connectivity index (χ0v) is 22.1.